The summed E-state index contributed by atoms with van der Waals surface area (Å²) < 4.78 is 0. The normalized spacial score (nSPS) is 25.5. The minimum atomic E-state index is 0.153. The number of anilines is 1. The Kier molecular flexibility index (Phi) is 3.60. The maximum Gasteiger partial charge on any atom is 0.0645 e. The van der Waals surface area contributed by atoms with E-state index in [-0.39, 0.29) is 6.04 Å². The van der Waals surface area contributed by atoms with Crippen LogP contribution in [0.15, 0.2) is 48.6 Å². The van der Waals surface area contributed by atoms with Crippen molar-refractivity contribution in [2.24, 2.45) is 5.92 Å². The molecule has 2 aliphatic rings. The lowest BCUT2D eigenvalue weighted by molar-refractivity contribution is 0.426. The largest absolute Gasteiger partial charge is 0.378 e. The van der Waals surface area contributed by atoms with Crippen molar-refractivity contribution in [3.8, 4) is 0 Å². The topological polar surface area (TPSA) is 12.0 Å². The van der Waals surface area contributed by atoms with Crippen molar-refractivity contribution in [1.82, 2.24) is 0 Å². The lowest BCUT2D eigenvalue weighted by Gasteiger charge is -2.38. The summed E-state index contributed by atoms with van der Waals surface area (Å²) in [5, 5.41) is 5.66. The van der Waals surface area contributed by atoms with E-state index in [4.69, 9.17) is 34.8 Å². The monoisotopic (exact) mass is 349 g/mol. The zero-order chi connectivity index (χ0) is 15.3. The molecule has 0 saturated heterocycles. The summed E-state index contributed by atoms with van der Waals surface area (Å²) in [5.41, 5.74) is 3.45. The highest BCUT2D eigenvalue weighted by molar-refractivity contribution is 6.42. The standard InChI is InChI=1S/C18H14Cl3N/c19-10-7-8-16-14(9-10)11-3-1-4-12(11)18(22-16)13-5-2-6-15(20)17(13)21/h1-3,5-9,11-12,18,22H,4H2/t11-,12-,18-/m0/s1. The van der Waals surface area contributed by atoms with Crippen molar-refractivity contribution in [3.63, 3.8) is 0 Å². The number of benzene rings is 2. The van der Waals surface area contributed by atoms with Gasteiger partial charge in [-0.2, -0.15) is 0 Å². The van der Waals surface area contributed by atoms with Crippen LogP contribution in [-0.4, -0.2) is 0 Å². The third-order valence-corrected chi connectivity index (χ3v) is 5.71. The minimum Gasteiger partial charge on any atom is -0.378 e. The molecule has 1 aliphatic carbocycles. The van der Waals surface area contributed by atoms with Gasteiger partial charge in [-0.25, -0.2) is 0 Å². The minimum absolute atomic E-state index is 0.153. The van der Waals surface area contributed by atoms with Crippen molar-refractivity contribution in [2.75, 3.05) is 5.32 Å². The Labute approximate surface area is 144 Å². The van der Waals surface area contributed by atoms with E-state index in [0.29, 0.717) is 21.9 Å². The van der Waals surface area contributed by atoms with Crippen LogP contribution in [0.3, 0.4) is 0 Å². The van der Waals surface area contributed by atoms with E-state index in [1.807, 2.05) is 24.3 Å². The molecule has 2 aromatic rings. The lowest BCUT2D eigenvalue weighted by Crippen LogP contribution is -2.29. The number of hydrogen-bond donors (Lipinski definition) is 1. The van der Waals surface area contributed by atoms with Gasteiger partial charge in [0.1, 0.15) is 0 Å². The summed E-state index contributed by atoms with van der Waals surface area (Å²) in [6.07, 6.45) is 5.56. The third kappa shape index (κ3) is 2.23. The van der Waals surface area contributed by atoms with Crippen LogP contribution in [0.4, 0.5) is 5.69 Å². The smallest absolute Gasteiger partial charge is 0.0645 e. The third-order valence-electron chi connectivity index (χ3n) is 4.64. The van der Waals surface area contributed by atoms with Gasteiger partial charge in [0, 0.05) is 16.6 Å². The predicted octanol–water partition coefficient (Wildman–Crippen LogP) is 6.47. The van der Waals surface area contributed by atoms with E-state index in [2.05, 4.69) is 29.6 Å². The fraction of sp³-hybridized carbons (Fsp3) is 0.222. The Balaban J connectivity index is 1.83. The quantitative estimate of drug-likeness (QED) is 0.581. The zero-order valence-electron chi connectivity index (χ0n) is 11.7. The molecule has 0 radical (unpaired) electrons. The molecule has 4 rings (SSSR count). The van der Waals surface area contributed by atoms with Crippen LogP contribution in [0.25, 0.3) is 0 Å². The van der Waals surface area contributed by atoms with Crippen molar-refractivity contribution < 1.29 is 0 Å². The molecular formula is C18H14Cl3N. The molecule has 0 aromatic heterocycles. The number of fused-ring (bicyclic) bond motifs is 3. The van der Waals surface area contributed by atoms with E-state index in [1.54, 1.807) is 0 Å². The van der Waals surface area contributed by atoms with Gasteiger partial charge in [-0.1, -0.05) is 59.1 Å². The van der Waals surface area contributed by atoms with Gasteiger partial charge in [0.15, 0.2) is 0 Å². The first-order valence-corrected chi connectivity index (χ1v) is 8.45. The molecule has 0 amide bonds. The summed E-state index contributed by atoms with van der Waals surface area (Å²) in [6, 6.07) is 12.0. The molecule has 1 nitrogen and oxygen atoms in total. The lowest BCUT2D eigenvalue weighted by atomic mass is 9.77. The van der Waals surface area contributed by atoms with Gasteiger partial charge in [-0.15, -0.1) is 0 Å². The van der Waals surface area contributed by atoms with E-state index in [1.165, 1.54) is 5.56 Å². The molecule has 0 fully saturated rings. The van der Waals surface area contributed by atoms with Crippen molar-refractivity contribution in [3.05, 3.63) is 74.7 Å². The average Bonchev–Trinajstić information content (AvgIpc) is 2.99. The molecule has 1 aliphatic heterocycles. The maximum absolute atomic E-state index is 6.46. The van der Waals surface area contributed by atoms with Gasteiger partial charge in [-0.3, -0.25) is 0 Å². The number of nitrogens with one attached hydrogen (secondary N) is 1. The molecule has 4 heteroatoms. The Morgan fingerprint density at radius 3 is 2.73 bits per heavy atom. The van der Waals surface area contributed by atoms with Gasteiger partial charge in [0.2, 0.25) is 0 Å². The van der Waals surface area contributed by atoms with Gasteiger partial charge < -0.3 is 5.32 Å². The van der Waals surface area contributed by atoms with Gasteiger partial charge in [0.05, 0.1) is 16.1 Å². The second-order valence-corrected chi connectivity index (χ2v) is 7.07. The molecule has 0 bridgehead atoms. The van der Waals surface area contributed by atoms with E-state index in [0.717, 1.165) is 22.7 Å². The van der Waals surface area contributed by atoms with Crippen LogP contribution in [0.1, 0.15) is 29.5 Å². The molecular weight excluding hydrogens is 337 g/mol. The molecule has 1 N–H and O–H groups in total. The highest BCUT2D eigenvalue weighted by Crippen LogP contribution is 2.51. The van der Waals surface area contributed by atoms with Crippen LogP contribution >= 0.6 is 34.8 Å². The fourth-order valence-corrected chi connectivity index (χ4v) is 4.24. The second-order valence-electron chi connectivity index (χ2n) is 5.85. The Hall–Kier alpha value is -1.15. The first-order valence-electron chi connectivity index (χ1n) is 7.31. The van der Waals surface area contributed by atoms with Gasteiger partial charge in [0.25, 0.3) is 0 Å². The van der Waals surface area contributed by atoms with E-state index < -0.39 is 0 Å². The fourth-order valence-electron chi connectivity index (χ4n) is 3.63. The van der Waals surface area contributed by atoms with Crippen molar-refractivity contribution >= 4 is 40.5 Å². The summed E-state index contributed by atoms with van der Waals surface area (Å²) in [7, 11) is 0. The maximum atomic E-state index is 6.46. The summed E-state index contributed by atoms with van der Waals surface area (Å²) in [6.45, 7) is 0. The number of rotatable bonds is 1. The van der Waals surface area contributed by atoms with Gasteiger partial charge in [-0.05, 0) is 47.7 Å². The summed E-state index contributed by atoms with van der Waals surface area (Å²) >= 11 is 18.8. The predicted molar refractivity (Wildman–Crippen MR) is 94.3 cm³/mol. The zero-order valence-corrected chi connectivity index (χ0v) is 14.0. The average molecular weight is 351 g/mol. The highest BCUT2D eigenvalue weighted by Gasteiger charge is 2.38. The van der Waals surface area contributed by atoms with E-state index >= 15 is 0 Å². The summed E-state index contributed by atoms with van der Waals surface area (Å²) in [5.74, 6) is 0.803. The van der Waals surface area contributed by atoms with Crippen LogP contribution < -0.4 is 5.32 Å². The van der Waals surface area contributed by atoms with Crippen LogP contribution in [0.5, 0.6) is 0 Å². The molecule has 0 unspecified atom stereocenters. The van der Waals surface area contributed by atoms with Crippen LogP contribution in [0, 0.1) is 5.92 Å². The molecule has 0 saturated carbocycles. The Morgan fingerprint density at radius 2 is 1.86 bits per heavy atom. The molecule has 112 valence electrons. The number of hydrogen-bond acceptors (Lipinski definition) is 1. The molecule has 22 heavy (non-hydrogen) atoms. The Bertz CT molecular complexity index is 769. The van der Waals surface area contributed by atoms with Crippen molar-refractivity contribution in [2.45, 2.75) is 18.4 Å². The van der Waals surface area contributed by atoms with E-state index in [9.17, 15) is 0 Å². The Morgan fingerprint density at radius 1 is 1.00 bits per heavy atom. The first kappa shape index (κ1) is 14.4. The van der Waals surface area contributed by atoms with Crippen LogP contribution in [0.2, 0.25) is 15.1 Å². The summed E-state index contributed by atoms with van der Waals surface area (Å²) in [4.78, 5) is 0. The first-order chi connectivity index (χ1) is 10.6. The molecule has 2 aromatic carbocycles. The van der Waals surface area contributed by atoms with Gasteiger partial charge >= 0.3 is 0 Å². The molecule has 0 spiro atoms. The molecule has 1 heterocycles. The number of allylic oxidation sites excluding steroid dienone is 2. The SMILES string of the molecule is Clc1ccc2c(c1)[C@H]1C=CC[C@@H]1[C@@H](c1cccc(Cl)c1Cl)N2. The molecule has 3 atom stereocenters. The second kappa shape index (κ2) is 5.49. The van der Waals surface area contributed by atoms with Crippen molar-refractivity contribution in [1.29, 1.82) is 0 Å². The van der Waals surface area contributed by atoms with Crippen LogP contribution in [-0.2, 0) is 0 Å². The number of halogens is 3. The highest BCUT2D eigenvalue weighted by atomic mass is 35.5.